The maximum atomic E-state index is 11.6. The summed E-state index contributed by atoms with van der Waals surface area (Å²) in [6, 6.07) is 4.01. The Hall–Kier alpha value is -2.64. The van der Waals surface area contributed by atoms with Gasteiger partial charge in [-0.3, -0.25) is 20.2 Å². The van der Waals surface area contributed by atoms with Gasteiger partial charge in [0.05, 0.1) is 11.5 Å². The van der Waals surface area contributed by atoms with Crippen molar-refractivity contribution in [2.75, 3.05) is 25.0 Å². The lowest BCUT2D eigenvalue weighted by Crippen LogP contribution is -2.43. The molecule has 0 fully saturated rings. The molecular weight excluding hydrogens is 264 g/mol. The minimum absolute atomic E-state index is 0.0399. The summed E-state index contributed by atoms with van der Waals surface area (Å²) in [5.74, 6) is -0.421. The molecule has 0 saturated carbocycles. The number of amides is 3. The molecule has 0 aromatic heterocycles. The van der Waals surface area contributed by atoms with E-state index in [0.717, 1.165) is 11.3 Å². The lowest BCUT2D eigenvalue weighted by Gasteiger charge is -2.18. The smallest absolute Gasteiger partial charge is 0.321 e. The number of imide groups is 1. The Labute approximate surface area is 114 Å². The van der Waals surface area contributed by atoms with Crippen LogP contribution in [0, 0.1) is 10.1 Å². The number of hydrogen-bond donors (Lipinski definition) is 2. The molecule has 0 spiro atoms. The predicted molar refractivity (Wildman–Crippen MR) is 71.6 cm³/mol. The number of rotatable bonds is 3. The van der Waals surface area contributed by atoms with E-state index >= 15 is 0 Å². The van der Waals surface area contributed by atoms with Crippen LogP contribution in [0.15, 0.2) is 18.2 Å². The van der Waals surface area contributed by atoms with Gasteiger partial charge in [-0.15, -0.1) is 0 Å². The number of nitrogens with zero attached hydrogens (tertiary/aromatic N) is 2. The number of carbonyl (C=O) groups is 2. The SMILES string of the molecule is CNC(=O)NC(=O)CN1CCc2cc([N+](=O)[O-])ccc21. The van der Waals surface area contributed by atoms with Crippen LogP contribution in [0.3, 0.4) is 0 Å². The number of hydrogen-bond acceptors (Lipinski definition) is 5. The van der Waals surface area contributed by atoms with Crippen molar-refractivity contribution in [3.8, 4) is 0 Å². The number of urea groups is 1. The van der Waals surface area contributed by atoms with Crippen LogP contribution in [0.4, 0.5) is 16.2 Å². The molecule has 0 atom stereocenters. The third-order valence-electron chi connectivity index (χ3n) is 3.08. The van der Waals surface area contributed by atoms with Gasteiger partial charge in [0, 0.05) is 31.4 Å². The molecule has 8 nitrogen and oxygen atoms in total. The number of fused-ring (bicyclic) bond motifs is 1. The summed E-state index contributed by atoms with van der Waals surface area (Å²) in [7, 11) is 1.42. The molecule has 0 radical (unpaired) electrons. The third kappa shape index (κ3) is 2.85. The number of anilines is 1. The molecular formula is C12H14N4O4. The molecule has 0 saturated heterocycles. The standard InChI is InChI=1S/C12H14N4O4/c1-13-12(18)14-11(17)7-15-5-4-8-6-9(16(19)20)2-3-10(8)15/h2-3,6H,4-5,7H2,1H3,(H2,13,14,17,18). The molecule has 0 unspecified atom stereocenters. The summed E-state index contributed by atoms with van der Waals surface area (Å²) in [6.07, 6.45) is 0.643. The fraction of sp³-hybridized carbons (Fsp3) is 0.333. The first kappa shape index (κ1) is 13.8. The van der Waals surface area contributed by atoms with Crippen molar-refractivity contribution in [1.82, 2.24) is 10.6 Å². The van der Waals surface area contributed by atoms with E-state index in [1.54, 1.807) is 11.0 Å². The maximum Gasteiger partial charge on any atom is 0.321 e. The summed E-state index contributed by atoms with van der Waals surface area (Å²) in [4.78, 5) is 34.7. The number of benzene rings is 1. The third-order valence-corrected chi connectivity index (χ3v) is 3.08. The molecule has 1 aliphatic rings. The van der Waals surface area contributed by atoms with Crippen LogP contribution in [-0.4, -0.2) is 37.0 Å². The van der Waals surface area contributed by atoms with Gasteiger partial charge in [-0.25, -0.2) is 4.79 Å². The molecule has 2 N–H and O–H groups in total. The van der Waals surface area contributed by atoms with Gasteiger partial charge in [-0.1, -0.05) is 0 Å². The molecule has 106 valence electrons. The maximum absolute atomic E-state index is 11.6. The number of nitro benzene ring substituents is 1. The van der Waals surface area contributed by atoms with E-state index in [-0.39, 0.29) is 12.2 Å². The fourth-order valence-corrected chi connectivity index (χ4v) is 2.14. The van der Waals surface area contributed by atoms with Gasteiger partial charge in [0.25, 0.3) is 5.69 Å². The Balaban J connectivity index is 2.07. The van der Waals surface area contributed by atoms with Gasteiger partial charge in [-0.2, -0.15) is 0 Å². The number of non-ortho nitro benzene ring substituents is 1. The van der Waals surface area contributed by atoms with Gasteiger partial charge >= 0.3 is 6.03 Å². The molecule has 0 bridgehead atoms. The summed E-state index contributed by atoms with van der Waals surface area (Å²) >= 11 is 0. The van der Waals surface area contributed by atoms with Crippen molar-refractivity contribution in [1.29, 1.82) is 0 Å². The average Bonchev–Trinajstić information content (AvgIpc) is 2.80. The van der Waals surface area contributed by atoms with Crippen LogP contribution in [0.5, 0.6) is 0 Å². The summed E-state index contributed by atoms with van der Waals surface area (Å²) in [5, 5.41) is 15.2. The Bertz CT molecular complexity index is 573. The molecule has 0 aliphatic carbocycles. The van der Waals surface area contributed by atoms with Crippen LogP contribution in [-0.2, 0) is 11.2 Å². The highest BCUT2D eigenvalue weighted by Gasteiger charge is 2.23. The van der Waals surface area contributed by atoms with Crippen molar-refractivity contribution in [3.05, 3.63) is 33.9 Å². The van der Waals surface area contributed by atoms with Crippen LogP contribution in [0.25, 0.3) is 0 Å². The fourth-order valence-electron chi connectivity index (χ4n) is 2.14. The lowest BCUT2D eigenvalue weighted by atomic mass is 10.1. The van der Waals surface area contributed by atoms with Crippen molar-refractivity contribution >= 4 is 23.3 Å². The predicted octanol–water partition coefficient (Wildman–Crippen LogP) is 0.413. The molecule has 2 rings (SSSR count). The highest BCUT2D eigenvalue weighted by Crippen LogP contribution is 2.30. The Morgan fingerprint density at radius 2 is 2.20 bits per heavy atom. The highest BCUT2D eigenvalue weighted by atomic mass is 16.6. The van der Waals surface area contributed by atoms with E-state index < -0.39 is 16.9 Å². The summed E-state index contributed by atoms with van der Waals surface area (Å²) in [5.41, 5.74) is 1.68. The number of nitro groups is 1. The summed E-state index contributed by atoms with van der Waals surface area (Å²) in [6.45, 7) is 0.635. The van der Waals surface area contributed by atoms with Gasteiger partial charge in [0.15, 0.2) is 0 Å². The van der Waals surface area contributed by atoms with E-state index in [4.69, 9.17) is 0 Å². The second-order valence-corrected chi connectivity index (χ2v) is 4.37. The second-order valence-electron chi connectivity index (χ2n) is 4.37. The van der Waals surface area contributed by atoms with Crippen molar-refractivity contribution < 1.29 is 14.5 Å². The Morgan fingerprint density at radius 3 is 2.85 bits per heavy atom. The molecule has 3 amide bonds. The van der Waals surface area contributed by atoms with Gasteiger partial charge in [0.2, 0.25) is 5.91 Å². The van der Waals surface area contributed by atoms with Crippen LogP contribution in [0.1, 0.15) is 5.56 Å². The molecule has 1 aromatic rings. The van der Waals surface area contributed by atoms with Crippen LogP contribution >= 0.6 is 0 Å². The first-order valence-corrected chi connectivity index (χ1v) is 6.05. The van der Waals surface area contributed by atoms with Gasteiger partial charge in [-0.05, 0) is 18.1 Å². The zero-order valence-corrected chi connectivity index (χ0v) is 10.9. The quantitative estimate of drug-likeness (QED) is 0.615. The first-order valence-electron chi connectivity index (χ1n) is 6.05. The van der Waals surface area contributed by atoms with Crippen LogP contribution in [0.2, 0.25) is 0 Å². The first-order chi connectivity index (χ1) is 9.51. The molecule has 1 aromatic carbocycles. The highest BCUT2D eigenvalue weighted by molar-refractivity contribution is 5.96. The minimum atomic E-state index is -0.557. The topological polar surface area (TPSA) is 105 Å². The van der Waals surface area contributed by atoms with Gasteiger partial charge in [0.1, 0.15) is 0 Å². The zero-order valence-electron chi connectivity index (χ0n) is 10.9. The van der Waals surface area contributed by atoms with E-state index in [1.165, 1.54) is 19.2 Å². The van der Waals surface area contributed by atoms with Crippen LogP contribution < -0.4 is 15.5 Å². The van der Waals surface area contributed by atoms with Crippen molar-refractivity contribution in [3.63, 3.8) is 0 Å². The van der Waals surface area contributed by atoms with E-state index in [2.05, 4.69) is 10.6 Å². The largest absolute Gasteiger partial charge is 0.362 e. The molecule has 1 heterocycles. The van der Waals surface area contributed by atoms with E-state index in [0.29, 0.717) is 13.0 Å². The Morgan fingerprint density at radius 1 is 1.45 bits per heavy atom. The normalized spacial score (nSPS) is 12.8. The summed E-state index contributed by atoms with van der Waals surface area (Å²) < 4.78 is 0. The van der Waals surface area contributed by atoms with Crippen molar-refractivity contribution in [2.45, 2.75) is 6.42 Å². The second kappa shape index (κ2) is 5.55. The number of carbonyl (C=O) groups excluding carboxylic acids is 2. The minimum Gasteiger partial charge on any atom is -0.362 e. The zero-order chi connectivity index (χ0) is 14.7. The van der Waals surface area contributed by atoms with E-state index in [9.17, 15) is 19.7 Å². The monoisotopic (exact) mass is 278 g/mol. The molecule has 1 aliphatic heterocycles. The van der Waals surface area contributed by atoms with E-state index in [1.807, 2.05) is 0 Å². The Kier molecular flexibility index (Phi) is 3.83. The van der Waals surface area contributed by atoms with Crippen molar-refractivity contribution in [2.24, 2.45) is 0 Å². The lowest BCUT2D eigenvalue weighted by molar-refractivity contribution is -0.384. The molecule has 20 heavy (non-hydrogen) atoms. The molecule has 8 heteroatoms. The number of nitrogens with one attached hydrogen (secondary N) is 2. The van der Waals surface area contributed by atoms with Gasteiger partial charge < -0.3 is 10.2 Å². The average molecular weight is 278 g/mol.